The minimum Gasteiger partial charge on any atom is -0.478 e. The van der Waals surface area contributed by atoms with Crippen LogP contribution < -0.4 is 0 Å². The second kappa shape index (κ2) is 4.56. The molecule has 1 rings (SSSR count). The van der Waals surface area contributed by atoms with Crippen LogP contribution in [0.4, 0.5) is 4.39 Å². The molecule has 14 heavy (non-hydrogen) atoms. The molecule has 2 nitrogen and oxygen atoms in total. The van der Waals surface area contributed by atoms with Gasteiger partial charge in [0.15, 0.2) is 0 Å². The molecule has 0 fully saturated rings. The van der Waals surface area contributed by atoms with Gasteiger partial charge in [0, 0.05) is 12.0 Å². The molecular weight excluding hydrogens is 183 g/mol. The molecule has 0 saturated heterocycles. The normalized spacial score (nSPS) is 11.4. The lowest BCUT2D eigenvalue weighted by Crippen LogP contribution is -2.03. The van der Waals surface area contributed by atoms with Crippen molar-refractivity contribution in [2.24, 2.45) is 0 Å². The fourth-order valence-electron chi connectivity index (χ4n) is 1.12. The highest BCUT2D eigenvalue weighted by Crippen LogP contribution is 2.09. The molecule has 1 N–H and O–H groups in total. The first-order chi connectivity index (χ1) is 6.63. The molecule has 0 bridgehead atoms. The molecule has 0 aliphatic rings. The van der Waals surface area contributed by atoms with Gasteiger partial charge < -0.3 is 5.11 Å². The van der Waals surface area contributed by atoms with E-state index in [-0.39, 0.29) is 5.82 Å². The third-order valence-corrected chi connectivity index (χ3v) is 1.93. The largest absolute Gasteiger partial charge is 0.478 e. The molecule has 0 heterocycles. The highest BCUT2D eigenvalue weighted by atomic mass is 19.1. The number of carboxylic acid groups (broad SMARTS) is 1. The topological polar surface area (TPSA) is 37.3 Å². The predicted octanol–water partition coefficient (Wildman–Crippen LogP) is 2.40. The lowest BCUT2D eigenvalue weighted by atomic mass is 10.1. The summed E-state index contributed by atoms with van der Waals surface area (Å²) in [6, 6.07) is 5.82. The third kappa shape index (κ3) is 2.69. The van der Waals surface area contributed by atoms with E-state index in [1.807, 2.05) is 0 Å². The van der Waals surface area contributed by atoms with Crippen LogP contribution in [0.3, 0.4) is 0 Å². The number of hydrogen-bond donors (Lipinski definition) is 1. The van der Waals surface area contributed by atoms with E-state index in [9.17, 15) is 9.18 Å². The van der Waals surface area contributed by atoms with Crippen LogP contribution in [-0.2, 0) is 11.2 Å². The maximum Gasteiger partial charge on any atom is 0.331 e. The van der Waals surface area contributed by atoms with Crippen LogP contribution in [0.1, 0.15) is 12.5 Å². The van der Waals surface area contributed by atoms with Crippen LogP contribution in [0, 0.1) is 5.82 Å². The van der Waals surface area contributed by atoms with E-state index in [1.54, 1.807) is 25.1 Å². The van der Waals surface area contributed by atoms with Crippen molar-refractivity contribution in [1.29, 1.82) is 0 Å². The number of aliphatic carboxylic acids is 1. The zero-order valence-electron chi connectivity index (χ0n) is 7.83. The fourth-order valence-corrected chi connectivity index (χ4v) is 1.12. The van der Waals surface area contributed by atoms with Gasteiger partial charge in [-0.1, -0.05) is 18.2 Å². The standard InChI is InChI=1S/C11H11FO2/c1-2-9(11(13)14)7-8-3-5-10(12)6-4-8/h2-6H,7H2,1H3,(H,13,14). The van der Waals surface area contributed by atoms with Gasteiger partial charge in [-0.2, -0.15) is 0 Å². The molecule has 3 heteroatoms. The van der Waals surface area contributed by atoms with Crippen LogP contribution in [0.5, 0.6) is 0 Å². The quantitative estimate of drug-likeness (QED) is 0.750. The van der Waals surface area contributed by atoms with Crippen molar-refractivity contribution >= 4 is 5.97 Å². The molecule has 74 valence electrons. The van der Waals surface area contributed by atoms with Gasteiger partial charge in [-0.05, 0) is 24.6 Å². The van der Waals surface area contributed by atoms with Gasteiger partial charge in [0.05, 0.1) is 0 Å². The predicted molar refractivity (Wildman–Crippen MR) is 51.5 cm³/mol. The van der Waals surface area contributed by atoms with E-state index < -0.39 is 5.97 Å². The first-order valence-corrected chi connectivity index (χ1v) is 4.26. The number of rotatable bonds is 3. The second-order valence-corrected chi connectivity index (χ2v) is 2.92. The molecule has 0 aliphatic heterocycles. The lowest BCUT2D eigenvalue weighted by molar-refractivity contribution is -0.132. The Hall–Kier alpha value is -1.64. The van der Waals surface area contributed by atoms with Gasteiger partial charge in [-0.3, -0.25) is 0 Å². The van der Waals surface area contributed by atoms with Crippen molar-refractivity contribution in [3.63, 3.8) is 0 Å². The van der Waals surface area contributed by atoms with Crippen molar-refractivity contribution in [3.8, 4) is 0 Å². The van der Waals surface area contributed by atoms with Crippen LogP contribution in [0.2, 0.25) is 0 Å². The number of benzene rings is 1. The van der Waals surface area contributed by atoms with Gasteiger partial charge >= 0.3 is 5.97 Å². The molecule has 0 unspecified atom stereocenters. The van der Waals surface area contributed by atoms with Gasteiger partial charge in [0.1, 0.15) is 5.82 Å². The lowest BCUT2D eigenvalue weighted by Gasteiger charge is -2.01. The van der Waals surface area contributed by atoms with Gasteiger partial charge in [0.2, 0.25) is 0 Å². The SMILES string of the molecule is CC=C(Cc1ccc(F)cc1)C(=O)O. The smallest absolute Gasteiger partial charge is 0.331 e. The van der Waals surface area contributed by atoms with Crippen LogP contribution in [0.15, 0.2) is 35.9 Å². The average Bonchev–Trinajstić information content (AvgIpc) is 2.16. The molecule has 0 aliphatic carbocycles. The second-order valence-electron chi connectivity index (χ2n) is 2.92. The van der Waals surface area contributed by atoms with E-state index in [1.165, 1.54) is 12.1 Å². The zero-order valence-corrected chi connectivity index (χ0v) is 7.83. The summed E-state index contributed by atoms with van der Waals surface area (Å²) in [5, 5.41) is 8.75. The van der Waals surface area contributed by atoms with Crippen molar-refractivity contribution in [3.05, 3.63) is 47.3 Å². The molecule has 0 atom stereocenters. The van der Waals surface area contributed by atoms with Crippen LogP contribution in [-0.4, -0.2) is 11.1 Å². The van der Waals surface area contributed by atoms with Crippen LogP contribution >= 0.6 is 0 Å². The number of hydrogen-bond acceptors (Lipinski definition) is 1. The number of carboxylic acids is 1. The summed E-state index contributed by atoms with van der Waals surface area (Å²) in [4.78, 5) is 10.7. The third-order valence-electron chi connectivity index (χ3n) is 1.93. The molecule has 1 aromatic carbocycles. The minimum absolute atomic E-state index is 0.314. The average molecular weight is 194 g/mol. The van der Waals surface area contributed by atoms with Gasteiger partial charge in [0.25, 0.3) is 0 Å². The Morgan fingerprint density at radius 2 is 2.00 bits per heavy atom. The monoisotopic (exact) mass is 194 g/mol. The van der Waals surface area contributed by atoms with Gasteiger partial charge in [-0.25, -0.2) is 9.18 Å². The maximum atomic E-state index is 12.5. The number of carbonyl (C=O) groups is 1. The Labute approximate surface area is 81.7 Å². The highest BCUT2D eigenvalue weighted by Gasteiger charge is 2.06. The fraction of sp³-hybridized carbons (Fsp3) is 0.182. The molecular formula is C11H11FO2. The van der Waals surface area contributed by atoms with E-state index in [4.69, 9.17) is 5.11 Å². The maximum absolute atomic E-state index is 12.5. The Morgan fingerprint density at radius 3 is 2.43 bits per heavy atom. The number of allylic oxidation sites excluding steroid dienone is 1. The molecule has 0 radical (unpaired) electrons. The van der Waals surface area contributed by atoms with Crippen molar-refractivity contribution in [1.82, 2.24) is 0 Å². The molecule has 0 amide bonds. The summed E-state index contributed by atoms with van der Waals surface area (Å²) < 4.78 is 12.5. The summed E-state index contributed by atoms with van der Waals surface area (Å²) in [6.07, 6.45) is 1.87. The number of halogens is 1. The van der Waals surface area contributed by atoms with Crippen molar-refractivity contribution < 1.29 is 14.3 Å². The van der Waals surface area contributed by atoms with Crippen molar-refractivity contribution in [2.75, 3.05) is 0 Å². The highest BCUT2D eigenvalue weighted by molar-refractivity contribution is 5.86. The van der Waals surface area contributed by atoms with Crippen LogP contribution in [0.25, 0.3) is 0 Å². The summed E-state index contributed by atoms with van der Waals surface area (Å²) in [6.45, 7) is 1.67. The molecule has 0 aromatic heterocycles. The Balaban J connectivity index is 2.78. The van der Waals surface area contributed by atoms with Gasteiger partial charge in [-0.15, -0.1) is 0 Å². The Kier molecular flexibility index (Phi) is 3.40. The molecule has 0 saturated carbocycles. The Morgan fingerprint density at radius 1 is 1.43 bits per heavy atom. The van der Waals surface area contributed by atoms with E-state index >= 15 is 0 Å². The van der Waals surface area contributed by atoms with Crippen molar-refractivity contribution in [2.45, 2.75) is 13.3 Å². The first-order valence-electron chi connectivity index (χ1n) is 4.26. The summed E-state index contributed by atoms with van der Waals surface area (Å²) >= 11 is 0. The molecule has 0 spiro atoms. The summed E-state index contributed by atoms with van der Waals surface area (Å²) in [5.41, 5.74) is 1.11. The minimum atomic E-state index is -0.933. The summed E-state index contributed by atoms with van der Waals surface area (Å²) in [7, 11) is 0. The zero-order chi connectivity index (χ0) is 10.6. The van der Waals surface area contributed by atoms with E-state index in [2.05, 4.69) is 0 Å². The first kappa shape index (κ1) is 10.4. The molecule has 1 aromatic rings. The van der Waals surface area contributed by atoms with E-state index in [0.29, 0.717) is 12.0 Å². The summed E-state index contributed by atoms with van der Waals surface area (Å²) in [5.74, 6) is -1.25. The van der Waals surface area contributed by atoms with E-state index in [0.717, 1.165) is 5.56 Å². The Bertz CT molecular complexity index is 352.